The molecule has 6 nitrogen and oxygen atoms in total. The molecule has 0 aliphatic carbocycles. The number of hydrogen-bond acceptors (Lipinski definition) is 6. The maximum atomic E-state index is 10.8. The Bertz CT molecular complexity index is 816. The predicted octanol–water partition coefficient (Wildman–Crippen LogP) is -0.425. The summed E-state index contributed by atoms with van der Waals surface area (Å²) in [6.45, 7) is 0. The third-order valence-electron chi connectivity index (χ3n) is 2.12. The maximum Gasteiger partial charge on any atom is 0.143 e. The number of allylic oxidation sites excluding steroid dienone is 6. The molecule has 0 saturated heterocycles. The van der Waals surface area contributed by atoms with Gasteiger partial charge in [-0.15, -0.1) is 0 Å². The number of hydrogen-bond donors (Lipinski definition) is 0. The van der Waals surface area contributed by atoms with Crippen molar-refractivity contribution in [3.05, 3.63) is 34.4 Å². The van der Waals surface area contributed by atoms with Crippen molar-refractivity contribution in [2.75, 3.05) is 0 Å². The average molecular weight is 353 g/mol. The molecule has 0 aromatic rings. The molecule has 0 atom stereocenters. The van der Waals surface area contributed by atoms with Crippen LogP contribution in [0.1, 0.15) is 12.8 Å². The van der Waals surface area contributed by atoms with E-state index >= 15 is 0 Å². The Hall–Kier alpha value is -3.23. The second-order valence-corrected chi connectivity index (χ2v) is 3.42. The molecule has 0 unspecified atom stereocenters. The van der Waals surface area contributed by atoms with Gasteiger partial charge in [-0.2, -0.15) is 0 Å². The van der Waals surface area contributed by atoms with Crippen LogP contribution in [0.2, 0.25) is 0 Å². The van der Waals surface area contributed by atoms with Crippen LogP contribution in [0.5, 0.6) is 0 Å². The van der Waals surface area contributed by atoms with Gasteiger partial charge in [0.2, 0.25) is 0 Å². The van der Waals surface area contributed by atoms with Gasteiger partial charge in [-0.05, 0) is 18.8 Å². The van der Waals surface area contributed by atoms with E-state index in [0.717, 1.165) is 6.08 Å². The van der Waals surface area contributed by atoms with Crippen LogP contribution in [-0.2, 0) is 45.5 Å². The molecule has 0 bridgehead atoms. The van der Waals surface area contributed by atoms with Gasteiger partial charge in [0.1, 0.15) is 46.8 Å². The number of rotatable bonds is 6. The summed E-state index contributed by atoms with van der Waals surface area (Å²) < 4.78 is 0. The smallest absolute Gasteiger partial charge is 0.143 e. The summed E-state index contributed by atoms with van der Waals surface area (Å²) in [7, 11) is 0. The summed E-state index contributed by atoms with van der Waals surface area (Å²) in [5.41, 5.74) is -1.86. The summed E-state index contributed by atoms with van der Waals surface area (Å²) >= 11 is 0. The molecular formula is C16H6CoO6. The molecule has 0 rings (SSSR count). The van der Waals surface area contributed by atoms with E-state index in [4.69, 9.17) is 0 Å². The molecule has 115 valence electrons. The van der Waals surface area contributed by atoms with Crippen molar-refractivity contribution in [3.63, 3.8) is 0 Å². The van der Waals surface area contributed by atoms with Crippen molar-refractivity contribution in [3.8, 4) is 11.8 Å². The topological polar surface area (TPSA) is 102 Å². The summed E-state index contributed by atoms with van der Waals surface area (Å²) in [5.74, 6) is 12.5. The van der Waals surface area contributed by atoms with Crippen molar-refractivity contribution < 1.29 is 45.5 Å². The molecule has 23 heavy (non-hydrogen) atoms. The summed E-state index contributed by atoms with van der Waals surface area (Å²) in [6.07, 6.45) is 1.97. The van der Waals surface area contributed by atoms with E-state index in [0.29, 0.717) is 6.08 Å². The fraction of sp³-hybridized carbons (Fsp3) is 0.125. The molecule has 0 aromatic heterocycles. The van der Waals surface area contributed by atoms with Crippen LogP contribution in [0.25, 0.3) is 0 Å². The molecule has 0 fully saturated rings. The molecule has 0 amide bonds. The van der Waals surface area contributed by atoms with E-state index in [1.807, 2.05) is 0 Å². The quantitative estimate of drug-likeness (QED) is 0.365. The Morgan fingerprint density at radius 2 is 1.48 bits per heavy atom. The zero-order chi connectivity index (χ0) is 16.8. The first kappa shape index (κ1) is 22.1. The van der Waals surface area contributed by atoms with Crippen LogP contribution < -0.4 is 0 Å². The van der Waals surface area contributed by atoms with Crippen LogP contribution in [0.4, 0.5) is 0 Å². The van der Waals surface area contributed by atoms with Crippen LogP contribution >= 0.6 is 0 Å². The molecular weight excluding hydrogens is 347 g/mol. The second kappa shape index (κ2) is 13.7. The molecule has 0 aliphatic rings. The standard InChI is InChI=1S/C16H6O6.Co/c17-7-2-1-3-13(9-19)4-5-14(10-20)16(12-22)15(11-21)6-8-18;/h2,6H,1,3H2;. The van der Waals surface area contributed by atoms with Gasteiger partial charge in [0.15, 0.2) is 0 Å². The van der Waals surface area contributed by atoms with Gasteiger partial charge >= 0.3 is 0 Å². The minimum atomic E-state index is -0.626. The van der Waals surface area contributed by atoms with E-state index < -0.39 is 16.7 Å². The first-order chi connectivity index (χ1) is 10.7. The van der Waals surface area contributed by atoms with Gasteiger partial charge in [-0.25, -0.2) is 28.8 Å². The van der Waals surface area contributed by atoms with Crippen molar-refractivity contribution in [2.24, 2.45) is 0 Å². The zero-order valence-electron chi connectivity index (χ0n) is 11.4. The third kappa shape index (κ3) is 7.95. The van der Waals surface area contributed by atoms with E-state index in [1.54, 1.807) is 0 Å². The van der Waals surface area contributed by atoms with Crippen LogP contribution in [0.15, 0.2) is 34.4 Å². The van der Waals surface area contributed by atoms with Crippen LogP contribution in [-0.4, -0.2) is 35.6 Å². The molecule has 7 heteroatoms. The maximum absolute atomic E-state index is 10.8. The van der Waals surface area contributed by atoms with E-state index in [9.17, 15) is 28.8 Å². The normalized spacial score (nSPS) is 6.78. The van der Waals surface area contributed by atoms with Crippen molar-refractivity contribution in [1.82, 2.24) is 0 Å². The molecule has 0 N–H and O–H groups in total. The van der Waals surface area contributed by atoms with E-state index in [1.165, 1.54) is 35.6 Å². The van der Waals surface area contributed by atoms with Gasteiger partial charge in [0, 0.05) is 28.9 Å². The molecule has 0 aliphatic heterocycles. The van der Waals surface area contributed by atoms with Gasteiger partial charge in [0.05, 0.1) is 11.1 Å². The molecule has 0 saturated carbocycles. The summed E-state index contributed by atoms with van der Waals surface area (Å²) in [5, 5.41) is 0. The van der Waals surface area contributed by atoms with Gasteiger partial charge in [-0.1, -0.05) is 5.92 Å². The first-order valence-corrected chi connectivity index (χ1v) is 5.60. The van der Waals surface area contributed by atoms with Gasteiger partial charge in [-0.3, -0.25) is 0 Å². The Morgan fingerprint density at radius 1 is 0.783 bits per heavy atom. The first-order valence-electron chi connectivity index (χ1n) is 5.60. The Labute approximate surface area is 140 Å². The van der Waals surface area contributed by atoms with Crippen LogP contribution in [0.3, 0.4) is 0 Å². The monoisotopic (exact) mass is 353 g/mol. The molecule has 0 heterocycles. The zero-order valence-corrected chi connectivity index (χ0v) is 12.4. The predicted molar refractivity (Wildman–Crippen MR) is 74.4 cm³/mol. The average Bonchev–Trinajstić information content (AvgIpc) is 2.55. The van der Waals surface area contributed by atoms with Gasteiger partial charge in [0.25, 0.3) is 0 Å². The van der Waals surface area contributed by atoms with Crippen molar-refractivity contribution >= 4 is 35.6 Å². The fourth-order valence-corrected chi connectivity index (χ4v) is 1.14. The van der Waals surface area contributed by atoms with Gasteiger partial charge < -0.3 is 0 Å². The Kier molecular flexibility index (Phi) is 13.2. The minimum Gasteiger partial charge on any atom is -0.234 e. The SMILES string of the molecule is O=C=CCCC(=C=O)C#CC(=C=O)C(=C=O)C(=C=O)C=C=O.[Co]. The van der Waals surface area contributed by atoms with E-state index in [-0.39, 0.29) is 35.2 Å². The van der Waals surface area contributed by atoms with Crippen molar-refractivity contribution in [2.45, 2.75) is 12.8 Å². The summed E-state index contributed by atoms with van der Waals surface area (Å²) in [6, 6.07) is 0. The third-order valence-corrected chi connectivity index (χ3v) is 2.12. The number of carbonyl (C=O) groups excluding carboxylic acids is 6. The van der Waals surface area contributed by atoms with Crippen LogP contribution in [0, 0.1) is 11.8 Å². The summed E-state index contributed by atoms with van der Waals surface area (Å²) in [4.78, 5) is 63.0. The molecule has 1 radical (unpaired) electrons. The Balaban J connectivity index is 0. The molecule has 0 aromatic carbocycles. The largest absolute Gasteiger partial charge is 0.234 e. The van der Waals surface area contributed by atoms with Crippen molar-refractivity contribution in [1.29, 1.82) is 0 Å². The Morgan fingerprint density at radius 3 is 1.91 bits per heavy atom. The fourth-order valence-electron chi connectivity index (χ4n) is 1.14. The second-order valence-electron chi connectivity index (χ2n) is 3.42. The molecule has 0 spiro atoms. The minimum absolute atomic E-state index is 0. The van der Waals surface area contributed by atoms with E-state index in [2.05, 4.69) is 11.8 Å².